The number of carbonyl (C=O) groups excluding carboxylic acids is 1. The molecule has 1 aliphatic carbocycles. The molecule has 2 aliphatic rings. The molecular weight excluding hydrogens is 260 g/mol. The van der Waals surface area contributed by atoms with Crippen LogP contribution in [0.4, 0.5) is 0 Å². The van der Waals surface area contributed by atoms with Crippen LogP contribution in [0.5, 0.6) is 0 Å². The van der Waals surface area contributed by atoms with E-state index in [-0.39, 0.29) is 5.91 Å². The number of hydrogen-bond donors (Lipinski definition) is 1. The predicted octanol–water partition coefficient (Wildman–Crippen LogP) is 2.98. The van der Waals surface area contributed by atoms with Gasteiger partial charge in [-0.1, -0.05) is 25.8 Å². The van der Waals surface area contributed by atoms with E-state index in [9.17, 15) is 4.79 Å². The van der Waals surface area contributed by atoms with Crippen molar-refractivity contribution in [2.75, 3.05) is 13.6 Å². The molecular formula is C18H26N2O. The first-order valence-electron chi connectivity index (χ1n) is 8.26. The minimum atomic E-state index is 0.183. The number of hydrogen-bond acceptors (Lipinski definition) is 2. The van der Waals surface area contributed by atoms with Crippen molar-refractivity contribution in [3.8, 4) is 0 Å². The number of nitrogens with zero attached hydrogens (tertiary/aromatic N) is 1. The Bertz CT molecular complexity index is 526. The minimum Gasteiger partial charge on any atom is -0.338 e. The van der Waals surface area contributed by atoms with Crippen LogP contribution < -0.4 is 5.32 Å². The highest BCUT2D eigenvalue weighted by atomic mass is 16.2. The molecule has 114 valence electrons. The maximum absolute atomic E-state index is 12.8. The molecule has 1 aliphatic heterocycles. The fourth-order valence-corrected chi connectivity index (χ4v) is 3.84. The fourth-order valence-electron chi connectivity index (χ4n) is 3.84. The van der Waals surface area contributed by atoms with Crippen LogP contribution in [0.2, 0.25) is 0 Å². The molecule has 1 amide bonds. The Morgan fingerprint density at radius 2 is 2.05 bits per heavy atom. The zero-order chi connectivity index (χ0) is 14.8. The van der Waals surface area contributed by atoms with E-state index in [0.29, 0.717) is 12.0 Å². The van der Waals surface area contributed by atoms with E-state index in [1.165, 1.54) is 30.4 Å². The third kappa shape index (κ3) is 2.98. The molecule has 21 heavy (non-hydrogen) atoms. The van der Waals surface area contributed by atoms with Gasteiger partial charge < -0.3 is 10.2 Å². The molecule has 1 saturated carbocycles. The molecule has 0 radical (unpaired) electrons. The van der Waals surface area contributed by atoms with Gasteiger partial charge in [-0.15, -0.1) is 0 Å². The van der Waals surface area contributed by atoms with Gasteiger partial charge >= 0.3 is 0 Å². The lowest BCUT2D eigenvalue weighted by molar-refractivity contribution is 0.0629. The summed E-state index contributed by atoms with van der Waals surface area (Å²) in [5.74, 6) is 0.800. The second-order valence-electron chi connectivity index (χ2n) is 6.66. The van der Waals surface area contributed by atoms with Gasteiger partial charge in [-0.2, -0.15) is 0 Å². The summed E-state index contributed by atoms with van der Waals surface area (Å²) in [6.45, 7) is 4.21. The Kier molecular flexibility index (Phi) is 4.29. The maximum Gasteiger partial charge on any atom is 0.253 e. The molecule has 1 fully saturated rings. The lowest BCUT2D eigenvalue weighted by atomic mass is 9.85. The van der Waals surface area contributed by atoms with Crippen molar-refractivity contribution in [1.29, 1.82) is 0 Å². The normalized spacial score (nSPS) is 25.2. The zero-order valence-electron chi connectivity index (χ0n) is 13.2. The van der Waals surface area contributed by atoms with Crippen LogP contribution in [-0.4, -0.2) is 30.4 Å². The first kappa shape index (κ1) is 14.6. The number of carbonyl (C=O) groups is 1. The van der Waals surface area contributed by atoms with Gasteiger partial charge in [-0.05, 0) is 55.0 Å². The zero-order valence-corrected chi connectivity index (χ0v) is 13.2. The Labute approximate surface area is 127 Å². The molecule has 1 aromatic carbocycles. The van der Waals surface area contributed by atoms with Crippen molar-refractivity contribution >= 4 is 5.91 Å². The first-order valence-corrected chi connectivity index (χ1v) is 8.26. The van der Waals surface area contributed by atoms with Gasteiger partial charge in [0.25, 0.3) is 5.91 Å². The number of rotatable bonds is 2. The Morgan fingerprint density at radius 1 is 1.24 bits per heavy atom. The van der Waals surface area contributed by atoms with Gasteiger partial charge in [0.05, 0.1) is 0 Å². The van der Waals surface area contributed by atoms with Crippen molar-refractivity contribution in [3.05, 3.63) is 34.9 Å². The van der Waals surface area contributed by atoms with E-state index in [4.69, 9.17) is 0 Å². The molecule has 3 rings (SSSR count). The van der Waals surface area contributed by atoms with E-state index in [2.05, 4.69) is 24.4 Å². The average Bonchev–Trinajstić information content (AvgIpc) is 2.53. The van der Waals surface area contributed by atoms with Crippen molar-refractivity contribution in [3.63, 3.8) is 0 Å². The molecule has 3 heteroatoms. The lowest BCUT2D eigenvalue weighted by Gasteiger charge is -2.36. The molecule has 0 spiro atoms. The molecule has 0 saturated heterocycles. The van der Waals surface area contributed by atoms with Crippen LogP contribution in [0, 0.1) is 5.92 Å². The van der Waals surface area contributed by atoms with Gasteiger partial charge in [0.2, 0.25) is 0 Å². The van der Waals surface area contributed by atoms with E-state index < -0.39 is 0 Å². The van der Waals surface area contributed by atoms with Crippen LogP contribution in [-0.2, 0) is 13.0 Å². The van der Waals surface area contributed by atoms with Crippen LogP contribution in [0.1, 0.15) is 54.1 Å². The molecule has 0 bridgehead atoms. The molecule has 2 atom stereocenters. The third-order valence-electron chi connectivity index (χ3n) is 5.22. The lowest BCUT2D eigenvalue weighted by Crippen LogP contribution is -2.42. The SMILES string of the molecule is CC1CCCCC1N(C)C(=O)c1ccc2c(c1)CNCC2. The monoisotopic (exact) mass is 286 g/mol. The molecule has 1 N–H and O–H groups in total. The maximum atomic E-state index is 12.8. The first-order chi connectivity index (χ1) is 10.2. The summed E-state index contributed by atoms with van der Waals surface area (Å²) in [4.78, 5) is 14.8. The standard InChI is InChI=1S/C18H26N2O/c1-13-5-3-4-6-17(13)20(2)18(21)15-8-7-14-9-10-19-12-16(14)11-15/h7-8,11,13,17,19H,3-6,9-10,12H2,1-2H3. The van der Waals surface area contributed by atoms with Crippen LogP contribution in [0.3, 0.4) is 0 Å². The summed E-state index contributed by atoms with van der Waals surface area (Å²) >= 11 is 0. The molecule has 1 aromatic rings. The summed E-state index contributed by atoms with van der Waals surface area (Å²) in [5.41, 5.74) is 3.52. The van der Waals surface area contributed by atoms with Gasteiger partial charge in [0.1, 0.15) is 0 Å². The highest BCUT2D eigenvalue weighted by Gasteiger charge is 2.28. The largest absolute Gasteiger partial charge is 0.338 e. The summed E-state index contributed by atoms with van der Waals surface area (Å²) < 4.78 is 0. The number of nitrogens with one attached hydrogen (secondary N) is 1. The number of benzene rings is 1. The Balaban J connectivity index is 1.77. The van der Waals surface area contributed by atoms with E-state index >= 15 is 0 Å². The van der Waals surface area contributed by atoms with E-state index in [0.717, 1.165) is 31.5 Å². The topological polar surface area (TPSA) is 32.3 Å². The average molecular weight is 286 g/mol. The van der Waals surface area contributed by atoms with Crippen molar-refractivity contribution in [2.45, 2.75) is 51.6 Å². The summed E-state index contributed by atoms with van der Waals surface area (Å²) in [6, 6.07) is 6.65. The number of fused-ring (bicyclic) bond motifs is 1. The number of amides is 1. The second kappa shape index (κ2) is 6.18. The highest BCUT2D eigenvalue weighted by Crippen LogP contribution is 2.28. The summed E-state index contributed by atoms with van der Waals surface area (Å²) in [7, 11) is 1.98. The molecule has 3 nitrogen and oxygen atoms in total. The van der Waals surface area contributed by atoms with Crippen molar-refractivity contribution < 1.29 is 4.79 Å². The van der Waals surface area contributed by atoms with Crippen LogP contribution in [0.15, 0.2) is 18.2 Å². The molecule has 0 aromatic heterocycles. The van der Waals surface area contributed by atoms with Gasteiger partial charge in [0, 0.05) is 25.2 Å². The highest BCUT2D eigenvalue weighted by molar-refractivity contribution is 5.94. The summed E-state index contributed by atoms with van der Waals surface area (Å²) in [6.07, 6.45) is 6.02. The minimum absolute atomic E-state index is 0.183. The Hall–Kier alpha value is -1.35. The van der Waals surface area contributed by atoms with Crippen molar-refractivity contribution in [2.24, 2.45) is 5.92 Å². The van der Waals surface area contributed by atoms with Gasteiger partial charge in [-0.3, -0.25) is 4.79 Å². The molecule has 2 unspecified atom stereocenters. The van der Waals surface area contributed by atoms with Crippen LogP contribution >= 0.6 is 0 Å². The molecule has 1 heterocycles. The second-order valence-corrected chi connectivity index (χ2v) is 6.66. The third-order valence-corrected chi connectivity index (χ3v) is 5.22. The quantitative estimate of drug-likeness (QED) is 0.906. The van der Waals surface area contributed by atoms with Gasteiger partial charge in [0.15, 0.2) is 0 Å². The fraction of sp³-hybridized carbons (Fsp3) is 0.611. The van der Waals surface area contributed by atoms with Crippen LogP contribution in [0.25, 0.3) is 0 Å². The van der Waals surface area contributed by atoms with E-state index in [1.807, 2.05) is 18.0 Å². The Morgan fingerprint density at radius 3 is 2.86 bits per heavy atom. The smallest absolute Gasteiger partial charge is 0.253 e. The van der Waals surface area contributed by atoms with Gasteiger partial charge in [-0.25, -0.2) is 0 Å². The van der Waals surface area contributed by atoms with E-state index in [1.54, 1.807) is 0 Å². The summed E-state index contributed by atoms with van der Waals surface area (Å²) in [5, 5.41) is 3.38. The van der Waals surface area contributed by atoms with Crippen molar-refractivity contribution in [1.82, 2.24) is 10.2 Å². The predicted molar refractivity (Wildman–Crippen MR) is 85.4 cm³/mol.